The molecule has 0 amide bonds. The minimum atomic E-state index is -0.724. The number of esters is 1. The first-order chi connectivity index (χ1) is 9.06. The summed E-state index contributed by atoms with van der Waals surface area (Å²) in [4.78, 5) is 22.9. The van der Waals surface area contributed by atoms with Crippen molar-refractivity contribution in [2.45, 2.75) is 25.1 Å². The van der Waals surface area contributed by atoms with E-state index in [4.69, 9.17) is 21.1 Å². The molecule has 0 heterocycles. The average Bonchev–Trinajstić information content (AvgIpc) is 2.39. The lowest BCUT2D eigenvalue weighted by Gasteiger charge is -2.09. The molecule has 0 aliphatic heterocycles. The number of hydrogen-bond donors (Lipinski definition) is 0. The average molecular weight is 285 g/mol. The zero-order chi connectivity index (χ0) is 14.3. The van der Waals surface area contributed by atoms with Crippen LogP contribution in [0.5, 0.6) is 5.75 Å². The van der Waals surface area contributed by atoms with Crippen LogP contribution in [0, 0.1) is 0 Å². The van der Waals surface area contributed by atoms with E-state index in [9.17, 15) is 9.59 Å². The summed E-state index contributed by atoms with van der Waals surface area (Å²) in [5.74, 6) is -0.114. The fraction of sp³-hybridized carbons (Fsp3) is 0.429. The minimum absolute atomic E-state index is 0.261. The maximum absolute atomic E-state index is 11.7. The van der Waals surface area contributed by atoms with Crippen molar-refractivity contribution in [1.29, 1.82) is 0 Å². The van der Waals surface area contributed by atoms with Gasteiger partial charge in [-0.25, -0.2) is 0 Å². The van der Waals surface area contributed by atoms with E-state index in [2.05, 4.69) is 0 Å². The summed E-state index contributed by atoms with van der Waals surface area (Å²) in [6.07, 6.45) is 0.0992. The molecule has 0 bridgehead atoms. The highest BCUT2D eigenvalue weighted by Gasteiger charge is 2.19. The molecule has 1 atom stereocenters. The SMILES string of the molecule is CCOC(=O)CC(=O)C(Cl)Cc1ccc(OC)cc1. The van der Waals surface area contributed by atoms with Crippen LogP contribution in [0.25, 0.3) is 0 Å². The molecule has 1 rings (SSSR count). The Labute approximate surface area is 117 Å². The zero-order valence-electron chi connectivity index (χ0n) is 11.0. The van der Waals surface area contributed by atoms with Crippen LogP contribution in [0.15, 0.2) is 24.3 Å². The van der Waals surface area contributed by atoms with Gasteiger partial charge in [0.15, 0.2) is 5.78 Å². The first-order valence-electron chi connectivity index (χ1n) is 6.02. The molecule has 0 aliphatic carbocycles. The summed E-state index contributed by atoms with van der Waals surface area (Å²) >= 11 is 6.00. The third-order valence-electron chi connectivity index (χ3n) is 2.55. The van der Waals surface area contributed by atoms with Crippen LogP contribution in [-0.4, -0.2) is 30.8 Å². The maximum Gasteiger partial charge on any atom is 0.313 e. The molecule has 0 saturated heterocycles. The van der Waals surface area contributed by atoms with Gasteiger partial charge in [0.05, 0.1) is 19.1 Å². The van der Waals surface area contributed by atoms with Crippen molar-refractivity contribution in [2.24, 2.45) is 0 Å². The minimum Gasteiger partial charge on any atom is -0.497 e. The first-order valence-corrected chi connectivity index (χ1v) is 6.45. The zero-order valence-corrected chi connectivity index (χ0v) is 11.8. The Bertz CT molecular complexity index is 428. The van der Waals surface area contributed by atoms with Crippen molar-refractivity contribution in [3.63, 3.8) is 0 Å². The summed E-state index contributed by atoms with van der Waals surface area (Å²) in [6.45, 7) is 1.95. The van der Waals surface area contributed by atoms with E-state index in [1.165, 1.54) is 0 Å². The second-order valence-corrected chi connectivity index (χ2v) is 4.49. The molecule has 0 fully saturated rings. The Morgan fingerprint density at radius 3 is 2.42 bits per heavy atom. The number of carbonyl (C=O) groups is 2. The van der Waals surface area contributed by atoms with Gasteiger partial charge in [-0.05, 0) is 31.0 Å². The predicted molar refractivity (Wildman–Crippen MR) is 72.6 cm³/mol. The fourth-order valence-corrected chi connectivity index (χ4v) is 1.80. The second-order valence-electron chi connectivity index (χ2n) is 3.97. The smallest absolute Gasteiger partial charge is 0.313 e. The van der Waals surface area contributed by atoms with Crippen molar-refractivity contribution in [2.75, 3.05) is 13.7 Å². The molecule has 4 nitrogen and oxygen atoms in total. The number of ketones is 1. The van der Waals surface area contributed by atoms with Crippen LogP contribution in [0.2, 0.25) is 0 Å². The topological polar surface area (TPSA) is 52.6 Å². The Hall–Kier alpha value is -1.55. The standard InChI is InChI=1S/C14H17ClO4/c1-3-19-14(17)9-13(16)12(15)8-10-4-6-11(18-2)7-5-10/h4-7,12H,3,8-9H2,1-2H3. The Balaban J connectivity index is 2.50. The molecule has 104 valence electrons. The number of ether oxygens (including phenoxy) is 2. The van der Waals surface area contributed by atoms with Gasteiger partial charge in [-0.3, -0.25) is 9.59 Å². The van der Waals surface area contributed by atoms with Gasteiger partial charge in [-0.1, -0.05) is 12.1 Å². The molecular formula is C14H17ClO4. The van der Waals surface area contributed by atoms with Gasteiger partial charge in [0.1, 0.15) is 12.2 Å². The molecule has 5 heteroatoms. The van der Waals surface area contributed by atoms with Crippen LogP contribution in [0.3, 0.4) is 0 Å². The van der Waals surface area contributed by atoms with Crippen LogP contribution in [-0.2, 0) is 20.7 Å². The van der Waals surface area contributed by atoms with E-state index in [0.29, 0.717) is 6.42 Å². The number of halogens is 1. The second kappa shape index (κ2) is 7.79. The third-order valence-corrected chi connectivity index (χ3v) is 2.94. The van der Waals surface area contributed by atoms with E-state index in [-0.39, 0.29) is 18.8 Å². The molecule has 1 aromatic rings. The molecule has 0 radical (unpaired) electrons. The van der Waals surface area contributed by atoms with Gasteiger partial charge >= 0.3 is 5.97 Å². The summed E-state index contributed by atoms with van der Waals surface area (Å²) in [6, 6.07) is 7.28. The van der Waals surface area contributed by atoms with E-state index in [1.807, 2.05) is 12.1 Å². The number of methoxy groups -OCH3 is 1. The number of rotatable bonds is 7. The molecule has 0 aliphatic rings. The lowest BCUT2D eigenvalue weighted by atomic mass is 10.1. The van der Waals surface area contributed by atoms with Crippen molar-refractivity contribution in [3.8, 4) is 5.75 Å². The Kier molecular flexibility index (Phi) is 6.36. The predicted octanol–water partition coefficient (Wildman–Crippen LogP) is 2.37. The number of hydrogen-bond acceptors (Lipinski definition) is 4. The molecule has 0 N–H and O–H groups in total. The van der Waals surface area contributed by atoms with Crippen molar-refractivity contribution < 1.29 is 19.1 Å². The summed E-state index contributed by atoms with van der Waals surface area (Å²) in [5, 5.41) is -0.724. The number of benzene rings is 1. The van der Waals surface area contributed by atoms with E-state index in [0.717, 1.165) is 11.3 Å². The van der Waals surface area contributed by atoms with E-state index in [1.54, 1.807) is 26.2 Å². The van der Waals surface area contributed by atoms with Crippen LogP contribution in [0.4, 0.5) is 0 Å². The summed E-state index contributed by atoms with van der Waals surface area (Å²) in [5.41, 5.74) is 0.915. The third kappa shape index (κ3) is 5.30. The first kappa shape index (κ1) is 15.5. The molecule has 1 aromatic carbocycles. The molecule has 1 unspecified atom stereocenters. The highest BCUT2D eigenvalue weighted by molar-refractivity contribution is 6.32. The van der Waals surface area contributed by atoms with Gasteiger partial charge in [-0.15, -0.1) is 11.6 Å². The number of carbonyl (C=O) groups excluding carboxylic acids is 2. The van der Waals surface area contributed by atoms with Crippen molar-refractivity contribution in [3.05, 3.63) is 29.8 Å². The van der Waals surface area contributed by atoms with Gasteiger partial charge in [-0.2, -0.15) is 0 Å². The summed E-state index contributed by atoms with van der Waals surface area (Å²) < 4.78 is 9.75. The van der Waals surface area contributed by atoms with E-state index < -0.39 is 11.3 Å². The largest absolute Gasteiger partial charge is 0.497 e. The van der Waals surface area contributed by atoms with Crippen LogP contribution >= 0.6 is 11.6 Å². The van der Waals surface area contributed by atoms with Gasteiger partial charge in [0, 0.05) is 0 Å². The maximum atomic E-state index is 11.7. The van der Waals surface area contributed by atoms with Crippen molar-refractivity contribution >= 4 is 23.4 Å². The summed E-state index contributed by atoms with van der Waals surface area (Å²) in [7, 11) is 1.59. The number of Topliss-reactive ketones (excluding diaryl/α,β-unsaturated/α-hetero) is 1. The van der Waals surface area contributed by atoms with Gasteiger partial charge in [0.2, 0.25) is 0 Å². The lowest BCUT2D eigenvalue weighted by molar-refractivity contribution is -0.145. The fourth-order valence-electron chi connectivity index (χ4n) is 1.55. The quantitative estimate of drug-likeness (QED) is 0.438. The van der Waals surface area contributed by atoms with Crippen molar-refractivity contribution in [1.82, 2.24) is 0 Å². The lowest BCUT2D eigenvalue weighted by Crippen LogP contribution is -2.21. The van der Waals surface area contributed by atoms with Crippen LogP contribution in [0.1, 0.15) is 18.9 Å². The van der Waals surface area contributed by atoms with Gasteiger partial charge in [0.25, 0.3) is 0 Å². The molecule has 19 heavy (non-hydrogen) atoms. The van der Waals surface area contributed by atoms with Gasteiger partial charge < -0.3 is 9.47 Å². The molecule has 0 aromatic heterocycles. The highest BCUT2D eigenvalue weighted by Crippen LogP contribution is 2.15. The highest BCUT2D eigenvalue weighted by atomic mass is 35.5. The molecule has 0 spiro atoms. The molecular weight excluding hydrogens is 268 g/mol. The Morgan fingerprint density at radius 2 is 1.89 bits per heavy atom. The molecule has 0 saturated carbocycles. The number of alkyl halides is 1. The normalized spacial score (nSPS) is 11.7. The Morgan fingerprint density at radius 1 is 1.26 bits per heavy atom. The monoisotopic (exact) mass is 284 g/mol. The van der Waals surface area contributed by atoms with E-state index >= 15 is 0 Å². The van der Waals surface area contributed by atoms with Crippen LogP contribution < -0.4 is 4.74 Å².